The van der Waals surface area contributed by atoms with Crippen LogP contribution in [0.15, 0.2) is 0 Å². The summed E-state index contributed by atoms with van der Waals surface area (Å²) in [6.45, 7) is 18.0. The van der Waals surface area contributed by atoms with Gasteiger partial charge in [0.25, 0.3) is 0 Å². The minimum Gasteiger partial charge on any atom is -0.0628 e. The molecule has 0 nitrogen and oxygen atoms in total. The van der Waals surface area contributed by atoms with Crippen LogP contribution >= 0.6 is 0 Å². The summed E-state index contributed by atoms with van der Waals surface area (Å²) in [7, 11) is 0. The molecule has 0 aromatic carbocycles. The topological polar surface area (TPSA) is 0 Å². The van der Waals surface area contributed by atoms with Gasteiger partial charge < -0.3 is 0 Å². The Kier molecular flexibility index (Phi) is 6.01. The molecule has 4 aliphatic rings. The van der Waals surface area contributed by atoms with Crippen LogP contribution in [0, 0.1) is 57.7 Å². The lowest BCUT2D eigenvalue weighted by atomic mass is 9.44. The van der Waals surface area contributed by atoms with Crippen LogP contribution in [-0.2, 0) is 0 Å². The van der Waals surface area contributed by atoms with Gasteiger partial charge in [-0.1, -0.05) is 61.3 Å². The van der Waals surface area contributed by atoms with Gasteiger partial charge in [-0.2, -0.15) is 0 Å². The predicted molar refractivity (Wildman–Crippen MR) is 127 cm³/mol. The zero-order valence-corrected chi connectivity index (χ0v) is 21.0. The van der Waals surface area contributed by atoms with Crippen LogP contribution in [0.1, 0.15) is 126 Å². The monoisotopic (exact) mass is 400 g/mol. The summed E-state index contributed by atoms with van der Waals surface area (Å²) in [6.07, 6.45) is 18.3. The third-order valence-corrected chi connectivity index (χ3v) is 11.2. The van der Waals surface area contributed by atoms with Gasteiger partial charge in [0.15, 0.2) is 0 Å². The van der Waals surface area contributed by atoms with Crippen molar-refractivity contribution in [2.24, 2.45) is 57.7 Å². The van der Waals surface area contributed by atoms with E-state index < -0.39 is 0 Å². The van der Waals surface area contributed by atoms with Gasteiger partial charge in [-0.05, 0) is 122 Å². The van der Waals surface area contributed by atoms with E-state index in [-0.39, 0.29) is 0 Å². The van der Waals surface area contributed by atoms with Gasteiger partial charge in [0.05, 0.1) is 0 Å². The van der Waals surface area contributed by atoms with Crippen molar-refractivity contribution in [1.82, 2.24) is 0 Å². The molecule has 4 rings (SSSR count). The highest BCUT2D eigenvalue weighted by molar-refractivity contribution is 5.09. The molecule has 8 atom stereocenters. The van der Waals surface area contributed by atoms with Crippen LogP contribution < -0.4 is 0 Å². The van der Waals surface area contributed by atoms with Crippen LogP contribution in [0.25, 0.3) is 0 Å². The Morgan fingerprint density at radius 3 is 2.21 bits per heavy atom. The van der Waals surface area contributed by atoms with E-state index in [1.165, 1.54) is 32.1 Å². The molecule has 0 aromatic heterocycles. The Hall–Kier alpha value is 0. The van der Waals surface area contributed by atoms with Crippen LogP contribution in [0.2, 0.25) is 0 Å². The number of fused-ring (bicyclic) bond motifs is 5. The van der Waals surface area contributed by atoms with Crippen molar-refractivity contribution in [3.63, 3.8) is 0 Å². The van der Waals surface area contributed by atoms with Crippen molar-refractivity contribution in [3.8, 4) is 0 Å². The van der Waals surface area contributed by atoms with Gasteiger partial charge in [0, 0.05) is 0 Å². The fraction of sp³-hybridized carbons (Fsp3) is 1.00. The van der Waals surface area contributed by atoms with Crippen molar-refractivity contribution >= 4 is 0 Å². The molecule has 0 aromatic rings. The highest BCUT2D eigenvalue weighted by Crippen LogP contribution is 2.68. The average Bonchev–Trinajstić information content (AvgIpc) is 2.97. The Morgan fingerprint density at radius 1 is 0.759 bits per heavy atom. The van der Waals surface area contributed by atoms with Gasteiger partial charge >= 0.3 is 0 Å². The molecular formula is C29H52. The number of rotatable bonds is 5. The summed E-state index contributed by atoms with van der Waals surface area (Å²) in [5.74, 6) is 6.94. The fourth-order valence-electron chi connectivity index (χ4n) is 10.5. The summed E-state index contributed by atoms with van der Waals surface area (Å²) < 4.78 is 0. The maximum atomic E-state index is 2.76. The lowest BCUT2D eigenvalue weighted by molar-refractivity contribution is -0.115. The molecular weight excluding hydrogens is 348 g/mol. The van der Waals surface area contributed by atoms with Crippen LogP contribution in [-0.4, -0.2) is 0 Å². The molecule has 0 radical (unpaired) electrons. The largest absolute Gasteiger partial charge is 0.0628 e. The van der Waals surface area contributed by atoms with E-state index in [2.05, 4.69) is 48.5 Å². The van der Waals surface area contributed by atoms with Crippen molar-refractivity contribution in [2.45, 2.75) is 126 Å². The van der Waals surface area contributed by atoms with Crippen molar-refractivity contribution < 1.29 is 0 Å². The molecule has 0 amide bonds. The molecule has 29 heavy (non-hydrogen) atoms. The third kappa shape index (κ3) is 3.86. The smallest absolute Gasteiger partial charge is 0.0264 e. The second-order valence-electron chi connectivity index (χ2n) is 14.1. The molecule has 4 fully saturated rings. The molecule has 0 N–H and O–H groups in total. The standard InChI is InChI=1S/C29H52/c1-20(2)18-27(4,5)19-21(3)24-13-14-25-23-12-11-22-10-8-9-16-28(22,6)26(23)15-17-29(24,25)7/h20-26H,8-19H2,1-7H3. The molecule has 0 heterocycles. The second-order valence-corrected chi connectivity index (χ2v) is 14.1. The Balaban J connectivity index is 1.49. The summed E-state index contributed by atoms with van der Waals surface area (Å²) in [6, 6.07) is 0. The SMILES string of the molecule is CC(C)CC(C)(C)CC(C)C1CCC2C3CCC4CCCCC4(C)C3CCC12C. The molecule has 168 valence electrons. The highest BCUT2D eigenvalue weighted by Gasteiger charge is 2.60. The van der Waals surface area contributed by atoms with E-state index in [0.29, 0.717) is 16.2 Å². The first-order valence-electron chi connectivity index (χ1n) is 13.6. The quantitative estimate of drug-likeness (QED) is 0.431. The van der Waals surface area contributed by atoms with Gasteiger partial charge in [-0.15, -0.1) is 0 Å². The number of hydrogen-bond acceptors (Lipinski definition) is 0. The zero-order valence-electron chi connectivity index (χ0n) is 21.0. The van der Waals surface area contributed by atoms with E-state index >= 15 is 0 Å². The first kappa shape index (κ1) is 22.2. The molecule has 4 aliphatic carbocycles. The first-order valence-corrected chi connectivity index (χ1v) is 13.6. The minimum absolute atomic E-state index is 0.507. The average molecular weight is 401 g/mol. The lowest BCUT2D eigenvalue weighted by Gasteiger charge is -2.61. The summed E-state index contributed by atoms with van der Waals surface area (Å²) in [5, 5.41) is 0. The normalized spacial score (nSPS) is 46.1. The highest BCUT2D eigenvalue weighted by atomic mass is 14.6. The van der Waals surface area contributed by atoms with E-state index in [0.717, 1.165) is 41.4 Å². The number of hydrogen-bond donors (Lipinski definition) is 0. The predicted octanol–water partition coefficient (Wildman–Crippen LogP) is 9.13. The van der Waals surface area contributed by atoms with Crippen molar-refractivity contribution in [3.05, 3.63) is 0 Å². The molecule has 0 saturated heterocycles. The van der Waals surface area contributed by atoms with Crippen LogP contribution in [0.5, 0.6) is 0 Å². The molecule has 4 saturated carbocycles. The van der Waals surface area contributed by atoms with Gasteiger partial charge in [-0.3, -0.25) is 0 Å². The third-order valence-electron chi connectivity index (χ3n) is 11.2. The van der Waals surface area contributed by atoms with Gasteiger partial charge in [0.2, 0.25) is 0 Å². The van der Waals surface area contributed by atoms with Crippen molar-refractivity contribution in [1.29, 1.82) is 0 Å². The molecule has 0 aliphatic heterocycles. The second kappa shape index (κ2) is 7.85. The van der Waals surface area contributed by atoms with E-state index in [4.69, 9.17) is 0 Å². The molecule has 0 spiro atoms. The van der Waals surface area contributed by atoms with Crippen molar-refractivity contribution in [2.75, 3.05) is 0 Å². The Labute approximate surface area is 183 Å². The van der Waals surface area contributed by atoms with E-state index in [1.54, 1.807) is 44.9 Å². The molecule has 8 unspecified atom stereocenters. The van der Waals surface area contributed by atoms with E-state index in [1.807, 2.05) is 0 Å². The Morgan fingerprint density at radius 2 is 1.48 bits per heavy atom. The zero-order chi connectivity index (χ0) is 21.0. The van der Waals surface area contributed by atoms with Gasteiger partial charge in [0.1, 0.15) is 0 Å². The first-order chi connectivity index (χ1) is 13.6. The van der Waals surface area contributed by atoms with Crippen LogP contribution in [0.4, 0.5) is 0 Å². The minimum atomic E-state index is 0.507. The van der Waals surface area contributed by atoms with E-state index in [9.17, 15) is 0 Å². The summed E-state index contributed by atoms with van der Waals surface area (Å²) >= 11 is 0. The lowest BCUT2D eigenvalue weighted by Crippen LogP contribution is -2.53. The summed E-state index contributed by atoms with van der Waals surface area (Å²) in [5.41, 5.74) is 1.85. The molecule has 0 heteroatoms. The Bertz CT molecular complexity index is 573. The maximum absolute atomic E-state index is 2.76. The summed E-state index contributed by atoms with van der Waals surface area (Å²) in [4.78, 5) is 0. The fourth-order valence-corrected chi connectivity index (χ4v) is 10.5. The van der Waals surface area contributed by atoms with Crippen LogP contribution in [0.3, 0.4) is 0 Å². The maximum Gasteiger partial charge on any atom is -0.0264 e. The van der Waals surface area contributed by atoms with Gasteiger partial charge in [-0.25, -0.2) is 0 Å². The molecule has 0 bridgehead atoms.